The number of ether oxygens (including phenoxy) is 1. The molecule has 7 heteroatoms. The smallest absolute Gasteiger partial charge is 0.330 e. The maximum atomic E-state index is 12.8. The molecule has 3 rings (SSSR count). The summed E-state index contributed by atoms with van der Waals surface area (Å²) >= 11 is 3.44. The highest BCUT2D eigenvalue weighted by Crippen LogP contribution is 2.22. The summed E-state index contributed by atoms with van der Waals surface area (Å²) in [4.78, 5) is 36.5. The highest BCUT2D eigenvalue weighted by molar-refractivity contribution is 9.10. The summed E-state index contributed by atoms with van der Waals surface area (Å²) in [6.07, 6.45) is 4.03. The summed E-state index contributed by atoms with van der Waals surface area (Å²) in [6, 6.07) is 10.9. The van der Waals surface area contributed by atoms with Crippen LogP contribution in [0.4, 0.5) is 0 Å². The third-order valence-corrected chi connectivity index (χ3v) is 5.33. The first kappa shape index (κ1) is 21.0. The second-order valence-corrected chi connectivity index (χ2v) is 7.83. The van der Waals surface area contributed by atoms with Gasteiger partial charge in [-0.1, -0.05) is 34.1 Å². The molecule has 2 N–H and O–H groups in total. The van der Waals surface area contributed by atoms with Crippen molar-refractivity contribution in [1.29, 1.82) is 0 Å². The zero-order chi connectivity index (χ0) is 20.8. The Labute approximate surface area is 177 Å². The van der Waals surface area contributed by atoms with Gasteiger partial charge in [0.2, 0.25) is 5.91 Å². The lowest BCUT2D eigenvalue weighted by atomic mass is 9.97. The lowest BCUT2D eigenvalue weighted by Gasteiger charge is -2.18. The van der Waals surface area contributed by atoms with Crippen molar-refractivity contribution >= 4 is 44.5 Å². The number of carbonyl (C=O) groups is 3. The fraction of sp³-hybridized carbons (Fsp3) is 0.318. The van der Waals surface area contributed by atoms with E-state index in [4.69, 9.17) is 4.74 Å². The SMILES string of the molecule is CCOC(=O)/C=C/[C@H](C[C@@H]1CCNC1=O)NC(=O)c1ccc2ccc(Br)cc2c1. The van der Waals surface area contributed by atoms with Gasteiger partial charge in [0.25, 0.3) is 5.91 Å². The van der Waals surface area contributed by atoms with Crippen molar-refractivity contribution in [3.8, 4) is 0 Å². The molecule has 0 radical (unpaired) electrons. The lowest BCUT2D eigenvalue weighted by molar-refractivity contribution is -0.137. The van der Waals surface area contributed by atoms with Crippen molar-refractivity contribution in [3.63, 3.8) is 0 Å². The van der Waals surface area contributed by atoms with Crippen LogP contribution < -0.4 is 10.6 Å². The summed E-state index contributed by atoms with van der Waals surface area (Å²) in [6.45, 7) is 2.63. The average molecular weight is 459 g/mol. The van der Waals surface area contributed by atoms with Crippen LogP contribution in [-0.4, -0.2) is 37.0 Å². The molecule has 2 atom stereocenters. The van der Waals surface area contributed by atoms with Crippen LogP contribution in [0.15, 0.2) is 53.0 Å². The molecule has 152 valence electrons. The number of hydrogen-bond donors (Lipinski definition) is 2. The molecule has 0 bridgehead atoms. The van der Waals surface area contributed by atoms with Crippen molar-refractivity contribution < 1.29 is 19.1 Å². The molecule has 1 heterocycles. The van der Waals surface area contributed by atoms with Gasteiger partial charge in [-0.05, 0) is 54.8 Å². The highest BCUT2D eigenvalue weighted by atomic mass is 79.9. The van der Waals surface area contributed by atoms with Crippen molar-refractivity contribution in [2.45, 2.75) is 25.8 Å². The maximum absolute atomic E-state index is 12.8. The van der Waals surface area contributed by atoms with Gasteiger partial charge in [0.1, 0.15) is 0 Å². The van der Waals surface area contributed by atoms with Crippen LogP contribution in [0.25, 0.3) is 10.8 Å². The quantitative estimate of drug-likeness (QED) is 0.492. The van der Waals surface area contributed by atoms with Crippen LogP contribution in [0, 0.1) is 5.92 Å². The molecule has 1 aliphatic rings. The van der Waals surface area contributed by atoms with Gasteiger partial charge in [-0.15, -0.1) is 0 Å². The standard InChI is InChI=1S/C22H23BrN2O4/c1-2-29-20(26)8-7-19(13-16-9-10-24-21(16)27)25-22(28)15-4-3-14-5-6-18(23)12-17(14)11-15/h3-8,11-12,16,19H,2,9-10,13H2,1H3,(H,24,27)(H,25,28)/b8-7+/t16-,19+/m0/s1. The van der Waals surface area contributed by atoms with Crippen molar-refractivity contribution in [2.24, 2.45) is 5.92 Å². The molecule has 1 saturated heterocycles. The summed E-state index contributed by atoms with van der Waals surface area (Å²) in [5.41, 5.74) is 0.515. The number of halogens is 1. The topological polar surface area (TPSA) is 84.5 Å². The van der Waals surface area contributed by atoms with E-state index in [1.54, 1.807) is 19.1 Å². The average Bonchev–Trinajstić information content (AvgIpc) is 3.10. The number of nitrogens with one attached hydrogen (secondary N) is 2. The van der Waals surface area contributed by atoms with Crippen molar-refractivity contribution in [3.05, 3.63) is 58.6 Å². The molecule has 2 aromatic carbocycles. The second-order valence-electron chi connectivity index (χ2n) is 6.91. The summed E-state index contributed by atoms with van der Waals surface area (Å²) in [7, 11) is 0. The molecule has 2 amide bonds. The number of amides is 2. The Morgan fingerprint density at radius 2 is 2.07 bits per heavy atom. The minimum atomic E-state index is -0.474. The molecule has 0 aliphatic carbocycles. The second kappa shape index (κ2) is 9.69. The van der Waals surface area contributed by atoms with Crippen molar-refractivity contribution in [2.75, 3.05) is 13.2 Å². The Hall–Kier alpha value is -2.67. The molecular formula is C22H23BrN2O4. The van der Waals surface area contributed by atoms with E-state index in [1.807, 2.05) is 30.3 Å². The minimum absolute atomic E-state index is 0.0238. The zero-order valence-electron chi connectivity index (χ0n) is 16.1. The number of rotatable bonds is 7. The Balaban J connectivity index is 1.77. The van der Waals surface area contributed by atoms with Crippen LogP contribution >= 0.6 is 15.9 Å². The van der Waals surface area contributed by atoms with Gasteiger partial charge in [-0.3, -0.25) is 9.59 Å². The largest absolute Gasteiger partial charge is 0.463 e. The molecule has 29 heavy (non-hydrogen) atoms. The third-order valence-electron chi connectivity index (χ3n) is 4.83. The number of esters is 1. The highest BCUT2D eigenvalue weighted by Gasteiger charge is 2.27. The molecule has 1 fully saturated rings. The molecular weight excluding hydrogens is 436 g/mol. The molecule has 0 unspecified atom stereocenters. The van der Waals surface area contributed by atoms with E-state index in [0.29, 0.717) is 24.9 Å². The van der Waals surface area contributed by atoms with E-state index >= 15 is 0 Å². The van der Waals surface area contributed by atoms with Crippen LogP contribution in [0.1, 0.15) is 30.1 Å². The fourth-order valence-corrected chi connectivity index (χ4v) is 3.74. The molecule has 0 spiro atoms. The lowest BCUT2D eigenvalue weighted by Crippen LogP contribution is -2.36. The fourth-order valence-electron chi connectivity index (χ4n) is 3.36. The number of hydrogen-bond acceptors (Lipinski definition) is 4. The number of benzene rings is 2. The summed E-state index contributed by atoms with van der Waals surface area (Å²) in [5.74, 6) is -0.953. The molecule has 1 aliphatic heterocycles. The van der Waals surface area contributed by atoms with Crippen molar-refractivity contribution in [1.82, 2.24) is 10.6 Å². The van der Waals surface area contributed by atoms with E-state index in [2.05, 4.69) is 26.6 Å². The van der Waals surface area contributed by atoms with E-state index in [0.717, 1.165) is 15.2 Å². The Morgan fingerprint density at radius 1 is 1.28 bits per heavy atom. The third kappa shape index (κ3) is 5.67. The Kier molecular flexibility index (Phi) is 7.04. The van der Waals surface area contributed by atoms with Gasteiger partial charge in [-0.25, -0.2) is 4.79 Å². The van der Waals surface area contributed by atoms with Gasteiger partial charge < -0.3 is 15.4 Å². The molecule has 6 nitrogen and oxygen atoms in total. The van der Waals surface area contributed by atoms with Crippen LogP contribution in [0.3, 0.4) is 0 Å². The van der Waals surface area contributed by atoms with Gasteiger partial charge >= 0.3 is 5.97 Å². The van der Waals surface area contributed by atoms with Crippen LogP contribution in [0.2, 0.25) is 0 Å². The zero-order valence-corrected chi connectivity index (χ0v) is 17.7. The van der Waals surface area contributed by atoms with Gasteiger partial charge in [-0.2, -0.15) is 0 Å². The van der Waals surface area contributed by atoms with Gasteiger partial charge in [0.15, 0.2) is 0 Å². The van der Waals surface area contributed by atoms with E-state index < -0.39 is 12.0 Å². The van der Waals surface area contributed by atoms with E-state index in [1.165, 1.54) is 6.08 Å². The molecule has 2 aromatic rings. The number of carbonyl (C=O) groups excluding carboxylic acids is 3. The summed E-state index contributed by atoms with van der Waals surface area (Å²) < 4.78 is 5.85. The first-order valence-electron chi connectivity index (χ1n) is 9.59. The Bertz CT molecular complexity index is 957. The van der Waals surface area contributed by atoms with E-state index in [9.17, 15) is 14.4 Å². The monoisotopic (exact) mass is 458 g/mol. The van der Waals surface area contributed by atoms with Gasteiger partial charge in [0.05, 0.1) is 6.61 Å². The predicted octanol–water partition coefficient (Wildman–Crippen LogP) is 3.35. The van der Waals surface area contributed by atoms with Gasteiger partial charge in [0, 0.05) is 34.6 Å². The minimum Gasteiger partial charge on any atom is -0.463 e. The predicted molar refractivity (Wildman–Crippen MR) is 114 cm³/mol. The Morgan fingerprint density at radius 3 is 2.79 bits per heavy atom. The summed E-state index contributed by atoms with van der Waals surface area (Å²) in [5, 5.41) is 7.71. The maximum Gasteiger partial charge on any atom is 0.330 e. The first-order chi connectivity index (χ1) is 14.0. The molecule has 0 aromatic heterocycles. The normalized spacial score (nSPS) is 17.3. The molecule has 0 saturated carbocycles. The first-order valence-corrected chi connectivity index (χ1v) is 10.4. The van der Waals surface area contributed by atoms with Crippen LogP contribution in [0.5, 0.6) is 0 Å². The van der Waals surface area contributed by atoms with E-state index in [-0.39, 0.29) is 24.3 Å². The number of fused-ring (bicyclic) bond motifs is 1. The van der Waals surface area contributed by atoms with Crippen LogP contribution in [-0.2, 0) is 14.3 Å².